The molecule has 0 spiro atoms. The third-order valence-electron chi connectivity index (χ3n) is 3.34. The Morgan fingerprint density at radius 1 is 1.35 bits per heavy atom. The van der Waals surface area contributed by atoms with E-state index in [1.54, 1.807) is 4.68 Å². The van der Waals surface area contributed by atoms with E-state index < -0.39 is 0 Å². The molecule has 2 aromatic rings. The van der Waals surface area contributed by atoms with Crippen molar-refractivity contribution in [3.63, 3.8) is 0 Å². The van der Waals surface area contributed by atoms with E-state index in [4.69, 9.17) is 10.5 Å². The first-order chi connectivity index (χ1) is 9.52. The molecule has 0 aliphatic rings. The predicted octanol–water partition coefficient (Wildman–Crippen LogP) is 2.77. The standard InChI is InChI=1S/C15H22N4O/c1-5-10(2)20-14-8-6-7-13(9-14)19-12(4)15(11(3)16)17-18-19/h6-11H,5,16H2,1-4H3. The second-order valence-electron chi connectivity index (χ2n) is 5.09. The minimum Gasteiger partial charge on any atom is -0.491 e. The smallest absolute Gasteiger partial charge is 0.121 e. The molecule has 0 saturated carbocycles. The first-order valence-corrected chi connectivity index (χ1v) is 6.97. The van der Waals surface area contributed by atoms with Gasteiger partial charge in [-0.1, -0.05) is 18.2 Å². The summed E-state index contributed by atoms with van der Waals surface area (Å²) in [6.07, 6.45) is 1.17. The molecule has 5 heteroatoms. The van der Waals surface area contributed by atoms with Gasteiger partial charge in [0.1, 0.15) is 11.4 Å². The van der Waals surface area contributed by atoms with Crippen molar-refractivity contribution in [3.8, 4) is 11.4 Å². The van der Waals surface area contributed by atoms with E-state index in [0.717, 1.165) is 29.2 Å². The number of benzene rings is 1. The van der Waals surface area contributed by atoms with Gasteiger partial charge >= 0.3 is 0 Å². The Balaban J connectivity index is 2.31. The van der Waals surface area contributed by atoms with Crippen molar-refractivity contribution in [2.24, 2.45) is 5.73 Å². The molecule has 1 aromatic carbocycles. The molecule has 1 aromatic heterocycles. The van der Waals surface area contributed by atoms with E-state index in [1.165, 1.54) is 0 Å². The molecule has 0 bridgehead atoms. The summed E-state index contributed by atoms with van der Waals surface area (Å²) < 4.78 is 7.63. The maximum absolute atomic E-state index is 5.88. The Morgan fingerprint density at radius 3 is 2.70 bits per heavy atom. The number of hydrogen-bond donors (Lipinski definition) is 1. The lowest BCUT2D eigenvalue weighted by Gasteiger charge is -2.13. The molecule has 0 aliphatic heterocycles. The molecular formula is C15H22N4O. The Kier molecular flexibility index (Phi) is 4.39. The van der Waals surface area contributed by atoms with Gasteiger partial charge in [0, 0.05) is 12.1 Å². The van der Waals surface area contributed by atoms with Gasteiger partial charge in [0.15, 0.2) is 0 Å². The van der Waals surface area contributed by atoms with Crippen molar-refractivity contribution in [2.45, 2.75) is 46.3 Å². The van der Waals surface area contributed by atoms with Crippen molar-refractivity contribution in [2.75, 3.05) is 0 Å². The van der Waals surface area contributed by atoms with E-state index >= 15 is 0 Å². The molecule has 0 amide bonds. The quantitative estimate of drug-likeness (QED) is 0.910. The molecule has 0 aliphatic carbocycles. The molecule has 2 rings (SSSR count). The van der Waals surface area contributed by atoms with Crippen molar-refractivity contribution in [1.29, 1.82) is 0 Å². The molecule has 1 heterocycles. The van der Waals surface area contributed by atoms with Crippen LogP contribution in [0.1, 0.15) is 44.6 Å². The largest absolute Gasteiger partial charge is 0.491 e. The van der Waals surface area contributed by atoms with Crippen LogP contribution >= 0.6 is 0 Å². The predicted molar refractivity (Wildman–Crippen MR) is 79.1 cm³/mol. The highest BCUT2D eigenvalue weighted by Gasteiger charge is 2.13. The topological polar surface area (TPSA) is 66.0 Å². The maximum Gasteiger partial charge on any atom is 0.121 e. The monoisotopic (exact) mass is 274 g/mol. The van der Waals surface area contributed by atoms with Crippen LogP contribution in [0.25, 0.3) is 5.69 Å². The summed E-state index contributed by atoms with van der Waals surface area (Å²) in [7, 11) is 0. The minimum atomic E-state index is -0.122. The Labute approximate surface area is 119 Å². The number of nitrogens with two attached hydrogens (primary N) is 1. The molecular weight excluding hydrogens is 252 g/mol. The number of aromatic nitrogens is 3. The van der Waals surface area contributed by atoms with Crippen molar-refractivity contribution in [1.82, 2.24) is 15.0 Å². The lowest BCUT2D eigenvalue weighted by atomic mass is 10.2. The maximum atomic E-state index is 5.88. The molecule has 2 N–H and O–H groups in total. The zero-order valence-electron chi connectivity index (χ0n) is 12.5. The second kappa shape index (κ2) is 6.05. The van der Waals surface area contributed by atoms with Gasteiger partial charge in [-0.05, 0) is 39.3 Å². The highest BCUT2D eigenvalue weighted by Crippen LogP contribution is 2.21. The number of ether oxygens (including phenoxy) is 1. The van der Waals surface area contributed by atoms with Crippen LogP contribution in [0.2, 0.25) is 0 Å². The molecule has 5 nitrogen and oxygen atoms in total. The molecule has 108 valence electrons. The van der Waals surface area contributed by atoms with Crippen LogP contribution in [-0.2, 0) is 0 Å². The van der Waals surface area contributed by atoms with Crippen LogP contribution in [0, 0.1) is 6.92 Å². The van der Waals surface area contributed by atoms with Crippen LogP contribution in [0.4, 0.5) is 0 Å². The summed E-state index contributed by atoms with van der Waals surface area (Å²) in [6.45, 7) is 8.04. The summed E-state index contributed by atoms with van der Waals surface area (Å²) in [5.74, 6) is 0.842. The van der Waals surface area contributed by atoms with Crippen molar-refractivity contribution in [3.05, 3.63) is 35.7 Å². The molecule has 2 atom stereocenters. The van der Waals surface area contributed by atoms with E-state index in [9.17, 15) is 0 Å². The number of hydrogen-bond acceptors (Lipinski definition) is 4. The van der Waals surface area contributed by atoms with Crippen LogP contribution in [0.15, 0.2) is 24.3 Å². The minimum absolute atomic E-state index is 0.122. The molecule has 0 radical (unpaired) electrons. The fourth-order valence-electron chi connectivity index (χ4n) is 2.01. The third-order valence-corrected chi connectivity index (χ3v) is 3.34. The van der Waals surface area contributed by atoms with E-state index in [0.29, 0.717) is 0 Å². The van der Waals surface area contributed by atoms with Crippen LogP contribution < -0.4 is 10.5 Å². The van der Waals surface area contributed by atoms with Gasteiger partial charge < -0.3 is 10.5 Å². The van der Waals surface area contributed by atoms with E-state index in [-0.39, 0.29) is 12.1 Å². The van der Waals surface area contributed by atoms with Crippen molar-refractivity contribution >= 4 is 0 Å². The zero-order valence-corrected chi connectivity index (χ0v) is 12.5. The SMILES string of the molecule is CCC(C)Oc1cccc(-n2nnc(C(C)N)c2C)c1. The third kappa shape index (κ3) is 2.99. The van der Waals surface area contributed by atoms with Crippen LogP contribution in [-0.4, -0.2) is 21.1 Å². The number of nitrogens with zero attached hydrogens (tertiary/aromatic N) is 3. The molecule has 20 heavy (non-hydrogen) atoms. The lowest BCUT2D eigenvalue weighted by molar-refractivity contribution is 0.217. The van der Waals surface area contributed by atoms with Gasteiger partial charge in [-0.25, -0.2) is 4.68 Å². The summed E-state index contributed by atoms with van der Waals surface area (Å²) in [5.41, 5.74) is 8.59. The normalized spacial score (nSPS) is 14.1. The lowest BCUT2D eigenvalue weighted by Crippen LogP contribution is -2.10. The van der Waals surface area contributed by atoms with Crippen LogP contribution in [0.5, 0.6) is 5.75 Å². The summed E-state index contributed by atoms with van der Waals surface area (Å²) in [4.78, 5) is 0. The van der Waals surface area contributed by atoms with Gasteiger partial charge in [-0.15, -0.1) is 5.10 Å². The van der Waals surface area contributed by atoms with Gasteiger partial charge in [0.2, 0.25) is 0 Å². The first kappa shape index (κ1) is 14.5. The molecule has 0 saturated heterocycles. The highest BCUT2D eigenvalue weighted by molar-refractivity contribution is 5.40. The van der Waals surface area contributed by atoms with Crippen LogP contribution in [0.3, 0.4) is 0 Å². The summed E-state index contributed by atoms with van der Waals surface area (Å²) in [5, 5.41) is 8.32. The second-order valence-corrected chi connectivity index (χ2v) is 5.09. The molecule has 0 fully saturated rings. The Hall–Kier alpha value is -1.88. The Bertz CT molecular complexity index is 577. The first-order valence-electron chi connectivity index (χ1n) is 6.97. The summed E-state index contributed by atoms with van der Waals surface area (Å²) in [6, 6.07) is 7.74. The van der Waals surface area contributed by atoms with Gasteiger partial charge in [-0.3, -0.25) is 0 Å². The average Bonchev–Trinajstić information content (AvgIpc) is 2.81. The summed E-state index contributed by atoms with van der Waals surface area (Å²) >= 11 is 0. The molecule has 2 unspecified atom stereocenters. The number of rotatable bonds is 5. The van der Waals surface area contributed by atoms with Crippen molar-refractivity contribution < 1.29 is 4.74 Å². The zero-order chi connectivity index (χ0) is 14.7. The van der Waals surface area contributed by atoms with Gasteiger partial charge in [0.25, 0.3) is 0 Å². The fraction of sp³-hybridized carbons (Fsp3) is 0.467. The van der Waals surface area contributed by atoms with E-state index in [2.05, 4.69) is 24.2 Å². The highest BCUT2D eigenvalue weighted by atomic mass is 16.5. The fourth-order valence-corrected chi connectivity index (χ4v) is 2.01. The Morgan fingerprint density at radius 2 is 2.10 bits per heavy atom. The van der Waals surface area contributed by atoms with E-state index in [1.807, 2.05) is 38.1 Å². The average molecular weight is 274 g/mol. The van der Waals surface area contributed by atoms with Gasteiger partial charge in [-0.2, -0.15) is 0 Å². The van der Waals surface area contributed by atoms with Gasteiger partial charge in [0.05, 0.1) is 17.5 Å².